The summed E-state index contributed by atoms with van der Waals surface area (Å²) in [6, 6.07) is 9.77. The van der Waals surface area contributed by atoms with Gasteiger partial charge in [0.05, 0.1) is 0 Å². The van der Waals surface area contributed by atoms with E-state index >= 15 is 0 Å². The van der Waals surface area contributed by atoms with Crippen LogP contribution in [0, 0.1) is 11.6 Å². The maximum atomic E-state index is 13.5. The average Bonchev–Trinajstić information content (AvgIpc) is 2.46. The van der Waals surface area contributed by atoms with Crippen LogP contribution in [0.1, 0.15) is 22.8 Å². The molecule has 2 aromatic rings. The van der Waals surface area contributed by atoms with Crippen LogP contribution in [0.2, 0.25) is 0 Å². The molecule has 0 heterocycles. The molecule has 0 aromatic heterocycles. The molecule has 5 heteroatoms. The number of hydrogen-bond acceptors (Lipinski definition) is 2. The molecule has 1 amide bonds. The molecule has 1 N–H and O–H groups in total. The van der Waals surface area contributed by atoms with Gasteiger partial charge in [0.15, 0.2) is 5.78 Å². The first kappa shape index (κ1) is 15.6. The van der Waals surface area contributed by atoms with Crippen molar-refractivity contribution in [1.82, 2.24) is 0 Å². The number of carbonyl (C=O) groups is 2. The van der Waals surface area contributed by atoms with E-state index in [0.29, 0.717) is 11.3 Å². The van der Waals surface area contributed by atoms with Crippen molar-refractivity contribution in [3.63, 3.8) is 0 Å². The fourth-order valence-electron chi connectivity index (χ4n) is 1.88. The van der Waals surface area contributed by atoms with Gasteiger partial charge < -0.3 is 5.32 Å². The van der Waals surface area contributed by atoms with Crippen molar-refractivity contribution in [2.24, 2.45) is 0 Å². The Labute approximate surface area is 126 Å². The minimum absolute atomic E-state index is 0.256. The molecular formula is C17H13F2NO2. The van der Waals surface area contributed by atoms with Crippen molar-refractivity contribution in [3.8, 4) is 0 Å². The van der Waals surface area contributed by atoms with E-state index in [0.717, 1.165) is 24.3 Å². The predicted molar refractivity (Wildman–Crippen MR) is 80.5 cm³/mol. The minimum atomic E-state index is -0.740. The van der Waals surface area contributed by atoms with E-state index in [1.165, 1.54) is 19.1 Å². The quantitative estimate of drug-likeness (QED) is 0.689. The summed E-state index contributed by atoms with van der Waals surface area (Å²) >= 11 is 0. The molecule has 0 fully saturated rings. The van der Waals surface area contributed by atoms with Crippen molar-refractivity contribution < 1.29 is 18.4 Å². The number of amides is 1. The second kappa shape index (κ2) is 6.76. The van der Waals surface area contributed by atoms with Crippen LogP contribution in [-0.2, 0) is 4.79 Å². The van der Waals surface area contributed by atoms with E-state index in [4.69, 9.17) is 0 Å². The molecule has 22 heavy (non-hydrogen) atoms. The highest BCUT2D eigenvalue weighted by atomic mass is 19.1. The van der Waals surface area contributed by atoms with Gasteiger partial charge in [0.25, 0.3) is 0 Å². The second-order valence-corrected chi connectivity index (χ2v) is 4.59. The molecule has 0 aliphatic heterocycles. The summed E-state index contributed by atoms with van der Waals surface area (Å²) in [5, 5.41) is 2.56. The molecule has 0 unspecified atom stereocenters. The summed E-state index contributed by atoms with van der Waals surface area (Å²) in [7, 11) is 0. The van der Waals surface area contributed by atoms with E-state index in [-0.39, 0.29) is 11.5 Å². The Morgan fingerprint density at radius 1 is 1.05 bits per heavy atom. The highest BCUT2D eigenvalue weighted by Crippen LogP contribution is 2.16. The maximum absolute atomic E-state index is 13.5. The van der Waals surface area contributed by atoms with Crippen LogP contribution >= 0.6 is 0 Å². The van der Waals surface area contributed by atoms with Crippen LogP contribution in [0.15, 0.2) is 48.5 Å². The third-order valence-corrected chi connectivity index (χ3v) is 2.87. The summed E-state index contributed by atoms with van der Waals surface area (Å²) in [6.45, 7) is 1.36. The number of carbonyl (C=O) groups excluding carboxylic acids is 2. The van der Waals surface area contributed by atoms with Crippen LogP contribution in [0.4, 0.5) is 14.5 Å². The molecule has 0 spiro atoms. The monoisotopic (exact) mass is 301 g/mol. The fraction of sp³-hybridized carbons (Fsp3) is 0.0588. The van der Waals surface area contributed by atoms with Crippen LogP contribution in [0.3, 0.4) is 0 Å². The molecule has 2 aromatic carbocycles. The Morgan fingerprint density at radius 3 is 2.32 bits per heavy atom. The van der Waals surface area contributed by atoms with Gasteiger partial charge in [-0.25, -0.2) is 8.78 Å². The van der Waals surface area contributed by atoms with Crippen molar-refractivity contribution in [3.05, 3.63) is 71.3 Å². The van der Waals surface area contributed by atoms with E-state index in [1.807, 2.05) is 0 Å². The van der Waals surface area contributed by atoms with Gasteiger partial charge >= 0.3 is 0 Å². The Balaban J connectivity index is 2.22. The number of anilines is 1. The number of rotatable bonds is 4. The van der Waals surface area contributed by atoms with E-state index in [2.05, 4.69) is 5.32 Å². The first-order valence-corrected chi connectivity index (χ1v) is 6.51. The summed E-state index contributed by atoms with van der Waals surface area (Å²) in [5.41, 5.74) is 0.511. The van der Waals surface area contributed by atoms with Gasteiger partial charge in [-0.3, -0.25) is 9.59 Å². The molecule has 3 nitrogen and oxygen atoms in total. The van der Waals surface area contributed by atoms with Gasteiger partial charge in [-0.1, -0.05) is 18.2 Å². The van der Waals surface area contributed by atoms with E-state index in [9.17, 15) is 18.4 Å². The third-order valence-electron chi connectivity index (χ3n) is 2.87. The van der Waals surface area contributed by atoms with E-state index in [1.54, 1.807) is 18.2 Å². The Bertz CT molecular complexity index is 734. The molecule has 0 radical (unpaired) electrons. The standard InChI is InChI=1S/C17H13F2NO2/c1-11(21)20-13-5-2-4-12(10-13)17(22)9-8-14-15(18)6-3-7-16(14)19/h2-10H,1H3,(H,20,21). The number of nitrogens with one attached hydrogen (secondary N) is 1. The normalized spacial score (nSPS) is 10.7. The van der Waals surface area contributed by atoms with Crippen LogP contribution in [-0.4, -0.2) is 11.7 Å². The van der Waals surface area contributed by atoms with Gasteiger partial charge in [0.2, 0.25) is 5.91 Å². The van der Waals surface area contributed by atoms with Crippen LogP contribution < -0.4 is 5.32 Å². The fourth-order valence-corrected chi connectivity index (χ4v) is 1.88. The maximum Gasteiger partial charge on any atom is 0.221 e. The van der Waals surface area contributed by atoms with Crippen molar-refractivity contribution in [2.45, 2.75) is 6.92 Å². The lowest BCUT2D eigenvalue weighted by Crippen LogP contribution is -2.06. The third kappa shape index (κ3) is 3.85. The Morgan fingerprint density at radius 2 is 1.68 bits per heavy atom. The number of allylic oxidation sites excluding steroid dienone is 1. The predicted octanol–water partition coefficient (Wildman–Crippen LogP) is 3.82. The molecule has 0 atom stereocenters. The molecule has 0 saturated carbocycles. The number of benzene rings is 2. The molecule has 0 aliphatic rings. The van der Waals surface area contributed by atoms with Gasteiger partial charge in [-0.15, -0.1) is 0 Å². The Kier molecular flexibility index (Phi) is 4.78. The molecule has 0 saturated heterocycles. The van der Waals surface area contributed by atoms with Crippen molar-refractivity contribution >= 4 is 23.5 Å². The minimum Gasteiger partial charge on any atom is -0.326 e. The van der Waals surface area contributed by atoms with Crippen LogP contribution in [0.5, 0.6) is 0 Å². The second-order valence-electron chi connectivity index (χ2n) is 4.59. The lowest BCUT2D eigenvalue weighted by atomic mass is 10.1. The van der Waals surface area contributed by atoms with Gasteiger partial charge in [-0.2, -0.15) is 0 Å². The number of hydrogen-bond donors (Lipinski definition) is 1. The van der Waals surface area contributed by atoms with Gasteiger partial charge in [0.1, 0.15) is 11.6 Å². The highest BCUT2D eigenvalue weighted by Gasteiger charge is 2.07. The first-order chi connectivity index (χ1) is 10.5. The SMILES string of the molecule is CC(=O)Nc1cccc(C(=O)C=Cc2c(F)cccc2F)c1. The topological polar surface area (TPSA) is 46.2 Å². The zero-order valence-electron chi connectivity index (χ0n) is 11.8. The molecule has 2 rings (SSSR count). The van der Waals surface area contributed by atoms with Crippen LogP contribution in [0.25, 0.3) is 6.08 Å². The molecule has 0 bridgehead atoms. The largest absolute Gasteiger partial charge is 0.326 e. The Hall–Kier alpha value is -2.82. The summed E-state index contributed by atoms with van der Waals surface area (Å²) < 4.78 is 26.9. The summed E-state index contributed by atoms with van der Waals surface area (Å²) in [4.78, 5) is 23.0. The van der Waals surface area contributed by atoms with E-state index < -0.39 is 17.4 Å². The van der Waals surface area contributed by atoms with Gasteiger partial charge in [0, 0.05) is 23.7 Å². The summed E-state index contributed by atoms with van der Waals surface area (Å²) in [5.74, 6) is -2.16. The summed E-state index contributed by atoms with van der Waals surface area (Å²) in [6.07, 6.45) is 2.19. The number of halogens is 2. The lowest BCUT2D eigenvalue weighted by molar-refractivity contribution is -0.114. The average molecular weight is 301 g/mol. The lowest BCUT2D eigenvalue weighted by Gasteiger charge is -2.03. The zero-order valence-corrected chi connectivity index (χ0v) is 11.8. The molecular weight excluding hydrogens is 288 g/mol. The van der Waals surface area contributed by atoms with Gasteiger partial charge in [-0.05, 0) is 36.4 Å². The van der Waals surface area contributed by atoms with Crippen molar-refractivity contribution in [1.29, 1.82) is 0 Å². The molecule has 112 valence electrons. The first-order valence-electron chi connectivity index (χ1n) is 6.51. The van der Waals surface area contributed by atoms with Crippen molar-refractivity contribution in [2.75, 3.05) is 5.32 Å². The molecule has 0 aliphatic carbocycles. The zero-order chi connectivity index (χ0) is 16.1. The highest BCUT2D eigenvalue weighted by molar-refractivity contribution is 6.07. The number of ketones is 1. The smallest absolute Gasteiger partial charge is 0.221 e.